The lowest BCUT2D eigenvalue weighted by atomic mass is 9.80. The van der Waals surface area contributed by atoms with Crippen molar-refractivity contribution in [1.29, 1.82) is 0 Å². The highest BCUT2D eigenvalue weighted by Crippen LogP contribution is 2.28. The van der Waals surface area contributed by atoms with Gasteiger partial charge in [-0.3, -0.25) is 0 Å². The van der Waals surface area contributed by atoms with Crippen LogP contribution in [0.4, 0.5) is 4.79 Å². The maximum atomic E-state index is 12.3. The average molecular weight is 284 g/mol. The number of morpholine rings is 1. The van der Waals surface area contributed by atoms with Crippen molar-refractivity contribution < 1.29 is 19.4 Å². The fourth-order valence-corrected chi connectivity index (χ4v) is 3.17. The van der Waals surface area contributed by atoms with Gasteiger partial charge in [-0.1, -0.05) is 13.8 Å². The molecule has 2 rings (SSSR count). The molecule has 1 saturated heterocycles. The summed E-state index contributed by atoms with van der Waals surface area (Å²) in [5.41, 5.74) is 0. The topological polar surface area (TPSA) is 78.9 Å². The molecule has 1 heterocycles. The van der Waals surface area contributed by atoms with Gasteiger partial charge in [0.1, 0.15) is 0 Å². The van der Waals surface area contributed by atoms with Gasteiger partial charge in [-0.05, 0) is 31.1 Å². The van der Waals surface area contributed by atoms with Crippen molar-refractivity contribution >= 4 is 12.0 Å². The van der Waals surface area contributed by atoms with Gasteiger partial charge in [-0.25, -0.2) is 9.59 Å². The van der Waals surface area contributed by atoms with Gasteiger partial charge in [0.2, 0.25) is 0 Å². The first kappa shape index (κ1) is 15.1. The number of urea groups is 1. The Morgan fingerprint density at radius 3 is 2.70 bits per heavy atom. The monoisotopic (exact) mass is 284 g/mol. The summed E-state index contributed by atoms with van der Waals surface area (Å²) in [5, 5.41) is 12.2. The lowest BCUT2D eigenvalue weighted by Crippen LogP contribution is -2.58. The van der Waals surface area contributed by atoms with Crippen molar-refractivity contribution in [2.45, 2.75) is 45.2 Å². The Morgan fingerprint density at radius 2 is 2.05 bits per heavy atom. The minimum Gasteiger partial charge on any atom is -0.480 e. The maximum absolute atomic E-state index is 12.3. The number of carboxylic acid groups (broad SMARTS) is 1. The minimum atomic E-state index is -1.01. The molecule has 2 aliphatic rings. The normalized spacial score (nSPS) is 34.6. The summed E-state index contributed by atoms with van der Waals surface area (Å²) in [6.45, 7) is 5.18. The Morgan fingerprint density at radius 1 is 1.30 bits per heavy atom. The van der Waals surface area contributed by atoms with Crippen molar-refractivity contribution in [3.63, 3.8) is 0 Å². The second-order valence-electron chi connectivity index (χ2n) is 6.07. The van der Waals surface area contributed by atoms with Crippen LogP contribution in [0.3, 0.4) is 0 Å². The number of hydrogen-bond donors (Lipinski definition) is 2. The van der Waals surface area contributed by atoms with Crippen LogP contribution in [0.1, 0.15) is 33.1 Å². The molecule has 114 valence electrons. The third kappa shape index (κ3) is 3.42. The molecule has 0 aromatic rings. The first-order valence-corrected chi connectivity index (χ1v) is 7.36. The Bertz CT molecular complexity index is 374. The first-order valence-electron chi connectivity index (χ1n) is 7.36. The third-order valence-corrected chi connectivity index (χ3v) is 4.41. The summed E-state index contributed by atoms with van der Waals surface area (Å²) >= 11 is 0. The summed E-state index contributed by atoms with van der Waals surface area (Å²) in [4.78, 5) is 24.9. The predicted octanol–water partition coefficient (Wildman–Crippen LogP) is 1.31. The molecule has 20 heavy (non-hydrogen) atoms. The number of nitrogens with zero attached hydrogens (tertiary/aromatic N) is 1. The van der Waals surface area contributed by atoms with Gasteiger partial charge in [0.05, 0.1) is 13.2 Å². The number of rotatable bonds is 2. The van der Waals surface area contributed by atoms with Gasteiger partial charge in [0, 0.05) is 12.6 Å². The zero-order valence-electron chi connectivity index (χ0n) is 12.2. The van der Waals surface area contributed by atoms with Crippen molar-refractivity contribution in [2.24, 2.45) is 11.8 Å². The van der Waals surface area contributed by atoms with Crippen molar-refractivity contribution in [3.8, 4) is 0 Å². The van der Waals surface area contributed by atoms with Gasteiger partial charge in [0.15, 0.2) is 6.04 Å². The Balaban J connectivity index is 1.94. The van der Waals surface area contributed by atoms with E-state index in [1.165, 1.54) is 4.90 Å². The molecule has 2 N–H and O–H groups in total. The molecule has 0 spiro atoms. The molecule has 1 saturated carbocycles. The smallest absolute Gasteiger partial charge is 0.328 e. The van der Waals surface area contributed by atoms with E-state index < -0.39 is 12.0 Å². The van der Waals surface area contributed by atoms with Crippen LogP contribution in [0.15, 0.2) is 0 Å². The molecule has 0 aromatic carbocycles. The van der Waals surface area contributed by atoms with E-state index in [0.717, 1.165) is 19.3 Å². The predicted molar refractivity (Wildman–Crippen MR) is 73.4 cm³/mol. The maximum Gasteiger partial charge on any atom is 0.328 e. The summed E-state index contributed by atoms with van der Waals surface area (Å²) < 4.78 is 5.15. The standard InChI is InChI=1S/C14H24N2O4/c1-9-3-4-11(10(2)7-9)15-14(19)16-5-6-20-8-12(16)13(17)18/h9-12H,3-8H2,1-2H3,(H,15,19)(H,17,18). The van der Waals surface area contributed by atoms with Crippen LogP contribution >= 0.6 is 0 Å². The van der Waals surface area contributed by atoms with E-state index in [1.807, 2.05) is 0 Å². The van der Waals surface area contributed by atoms with E-state index in [9.17, 15) is 9.59 Å². The van der Waals surface area contributed by atoms with Gasteiger partial charge in [-0.15, -0.1) is 0 Å². The molecule has 6 nitrogen and oxygen atoms in total. The Hall–Kier alpha value is -1.30. The average Bonchev–Trinajstić information content (AvgIpc) is 2.41. The van der Waals surface area contributed by atoms with Crippen molar-refractivity contribution in [2.75, 3.05) is 19.8 Å². The second-order valence-corrected chi connectivity index (χ2v) is 6.07. The van der Waals surface area contributed by atoms with E-state index in [1.54, 1.807) is 0 Å². The van der Waals surface area contributed by atoms with Crippen LogP contribution in [-0.4, -0.2) is 53.8 Å². The molecule has 0 bridgehead atoms. The molecule has 1 aliphatic heterocycles. The van der Waals surface area contributed by atoms with E-state index in [2.05, 4.69) is 19.2 Å². The summed E-state index contributed by atoms with van der Waals surface area (Å²) in [6.07, 6.45) is 3.19. The number of aliphatic carboxylic acids is 1. The summed E-state index contributed by atoms with van der Waals surface area (Å²) in [5.74, 6) is 0.130. The number of carbonyl (C=O) groups is 2. The van der Waals surface area contributed by atoms with Crippen molar-refractivity contribution in [1.82, 2.24) is 10.2 Å². The van der Waals surface area contributed by atoms with E-state index in [-0.39, 0.29) is 18.7 Å². The quantitative estimate of drug-likeness (QED) is 0.801. The molecular formula is C14H24N2O4. The van der Waals surface area contributed by atoms with Crippen LogP contribution in [0, 0.1) is 11.8 Å². The number of hydrogen-bond acceptors (Lipinski definition) is 3. The molecule has 1 aliphatic carbocycles. The molecule has 4 atom stereocenters. The lowest BCUT2D eigenvalue weighted by molar-refractivity contribution is -0.147. The number of amides is 2. The largest absolute Gasteiger partial charge is 0.480 e. The molecule has 6 heteroatoms. The Labute approximate surface area is 119 Å². The highest BCUT2D eigenvalue weighted by atomic mass is 16.5. The fourth-order valence-electron chi connectivity index (χ4n) is 3.17. The van der Waals surface area contributed by atoms with Gasteiger partial charge >= 0.3 is 12.0 Å². The number of carboxylic acids is 1. The van der Waals surface area contributed by atoms with E-state index in [0.29, 0.717) is 25.0 Å². The summed E-state index contributed by atoms with van der Waals surface area (Å²) in [6, 6.07) is -0.996. The highest BCUT2D eigenvalue weighted by Gasteiger charge is 2.35. The van der Waals surface area contributed by atoms with E-state index in [4.69, 9.17) is 9.84 Å². The van der Waals surface area contributed by atoms with Gasteiger partial charge in [0.25, 0.3) is 0 Å². The van der Waals surface area contributed by atoms with Crippen molar-refractivity contribution in [3.05, 3.63) is 0 Å². The molecule has 4 unspecified atom stereocenters. The molecule has 0 aromatic heterocycles. The first-order chi connectivity index (χ1) is 9.49. The highest BCUT2D eigenvalue weighted by molar-refractivity contribution is 5.83. The lowest BCUT2D eigenvalue weighted by Gasteiger charge is -2.37. The SMILES string of the molecule is CC1CCC(NC(=O)N2CCOCC2C(=O)O)C(C)C1. The van der Waals surface area contributed by atoms with Crippen LogP contribution in [0.5, 0.6) is 0 Å². The fraction of sp³-hybridized carbons (Fsp3) is 0.857. The van der Waals surface area contributed by atoms with Crippen LogP contribution in [0.25, 0.3) is 0 Å². The van der Waals surface area contributed by atoms with Crippen LogP contribution < -0.4 is 5.32 Å². The van der Waals surface area contributed by atoms with Crippen LogP contribution in [0.2, 0.25) is 0 Å². The van der Waals surface area contributed by atoms with Crippen LogP contribution in [-0.2, 0) is 9.53 Å². The van der Waals surface area contributed by atoms with Gasteiger partial charge in [-0.2, -0.15) is 0 Å². The molecule has 2 amide bonds. The van der Waals surface area contributed by atoms with E-state index >= 15 is 0 Å². The number of ether oxygens (including phenoxy) is 1. The zero-order valence-corrected chi connectivity index (χ0v) is 12.2. The zero-order chi connectivity index (χ0) is 14.7. The summed E-state index contributed by atoms with van der Waals surface area (Å²) in [7, 11) is 0. The second kappa shape index (κ2) is 6.43. The van der Waals surface area contributed by atoms with Gasteiger partial charge < -0.3 is 20.1 Å². The number of nitrogens with one attached hydrogen (secondary N) is 1. The minimum absolute atomic E-state index is 0.0695. The Kier molecular flexibility index (Phi) is 4.86. The molecule has 0 radical (unpaired) electrons. The molecule has 2 fully saturated rings. The molecular weight excluding hydrogens is 260 g/mol. The third-order valence-electron chi connectivity index (χ3n) is 4.41. The number of carbonyl (C=O) groups excluding carboxylic acids is 1.